The average Bonchev–Trinajstić information content (AvgIpc) is 2.52. The van der Waals surface area contributed by atoms with Gasteiger partial charge in [0.2, 0.25) is 0 Å². The van der Waals surface area contributed by atoms with Crippen molar-refractivity contribution in [1.82, 2.24) is 4.57 Å². The van der Waals surface area contributed by atoms with E-state index in [1.807, 2.05) is 13.8 Å². The maximum Gasteiger partial charge on any atom is 0.254 e. The molecule has 1 fully saturated rings. The summed E-state index contributed by atoms with van der Waals surface area (Å²) in [5.41, 5.74) is 0.485. The molecule has 1 N–H and O–H groups in total. The average molecular weight is 239 g/mol. The molecular weight excluding hydrogens is 222 g/mol. The summed E-state index contributed by atoms with van der Waals surface area (Å²) in [5, 5.41) is 9.29. The van der Waals surface area contributed by atoms with Gasteiger partial charge in [-0.1, -0.05) is 0 Å². The number of hydrogen-bond acceptors (Lipinski definition) is 4. The van der Waals surface area contributed by atoms with E-state index in [-0.39, 0.29) is 17.4 Å². The zero-order valence-corrected chi connectivity index (χ0v) is 10.3. The summed E-state index contributed by atoms with van der Waals surface area (Å²) in [6, 6.07) is 2.76. The van der Waals surface area contributed by atoms with Gasteiger partial charge in [-0.2, -0.15) is 0 Å². The second-order valence-corrected chi connectivity index (χ2v) is 4.75. The number of aromatic hydroxyl groups is 1. The van der Waals surface area contributed by atoms with Crippen LogP contribution in [0.2, 0.25) is 0 Å². The topological polar surface area (TPSA) is 60.7 Å². The summed E-state index contributed by atoms with van der Waals surface area (Å²) in [6.07, 6.45) is -0.133. The van der Waals surface area contributed by atoms with Crippen molar-refractivity contribution < 1.29 is 14.6 Å². The lowest BCUT2D eigenvalue weighted by atomic mass is 10.3. The largest absolute Gasteiger partial charge is 0.508 e. The molecule has 1 aliphatic heterocycles. The number of rotatable bonds is 2. The van der Waals surface area contributed by atoms with Crippen molar-refractivity contribution in [2.24, 2.45) is 0 Å². The van der Waals surface area contributed by atoms with Gasteiger partial charge < -0.3 is 19.1 Å². The molecule has 1 saturated heterocycles. The SMILES string of the molecule is Cc1cc(O)cc(=O)n1CC1COC(C)(C)O1. The number of hydrogen-bond donors (Lipinski definition) is 1. The predicted octanol–water partition coefficient (Wildman–Crippen LogP) is 1.01. The molecule has 1 aliphatic rings. The van der Waals surface area contributed by atoms with Gasteiger partial charge in [-0.3, -0.25) is 4.79 Å². The zero-order valence-electron chi connectivity index (χ0n) is 10.3. The first kappa shape index (κ1) is 12.1. The van der Waals surface area contributed by atoms with Gasteiger partial charge in [0.25, 0.3) is 5.56 Å². The van der Waals surface area contributed by atoms with Crippen LogP contribution in [0.5, 0.6) is 5.75 Å². The Morgan fingerprint density at radius 1 is 1.53 bits per heavy atom. The normalized spacial score (nSPS) is 22.9. The van der Waals surface area contributed by atoms with Crippen molar-refractivity contribution >= 4 is 0 Å². The van der Waals surface area contributed by atoms with E-state index >= 15 is 0 Å². The van der Waals surface area contributed by atoms with Gasteiger partial charge in [-0.25, -0.2) is 0 Å². The van der Waals surface area contributed by atoms with Crippen LogP contribution in [-0.4, -0.2) is 28.2 Å². The van der Waals surface area contributed by atoms with Gasteiger partial charge in [-0.05, 0) is 26.8 Å². The molecule has 0 aromatic carbocycles. The molecule has 17 heavy (non-hydrogen) atoms. The first-order chi connectivity index (χ1) is 7.87. The van der Waals surface area contributed by atoms with E-state index in [4.69, 9.17) is 9.47 Å². The van der Waals surface area contributed by atoms with Crippen LogP contribution in [0.25, 0.3) is 0 Å². The predicted molar refractivity (Wildman–Crippen MR) is 62.0 cm³/mol. The van der Waals surface area contributed by atoms with E-state index in [0.717, 1.165) is 0 Å². The molecule has 2 heterocycles. The third-order valence-electron chi connectivity index (χ3n) is 2.77. The summed E-state index contributed by atoms with van der Waals surface area (Å²) >= 11 is 0. The van der Waals surface area contributed by atoms with Gasteiger partial charge in [0, 0.05) is 11.8 Å². The second kappa shape index (κ2) is 4.16. The molecule has 5 heteroatoms. The molecule has 0 spiro atoms. The quantitative estimate of drug-likeness (QED) is 0.836. The second-order valence-electron chi connectivity index (χ2n) is 4.75. The standard InChI is InChI=1S/C12H17NO4/c1-8-4-9(14)5-11(15)13(8)6-10-7-16-12(2,3)17-10/h4-5,10,14H,6-7H2,1-3H3. The number of nitrogens with zero attached hydrogens (tertiary/aromatic N) is 1. The molecule has 2 rings (SSSR count). The van der Waals surface area contributed by atoms with Crippen LogP contribution < -0.4 is 5.56 Å². The minimum Gasteiger partial charge on any atom is -0.508 e. The van der Waals surface area contributed by atoms with Gasteiger partial charge >= 0.3 is 0 Å². The maximum absolute atomic E-state index is 11.7. The van der Waals surface area contributed by atoms with Crippen LogP contribution in [0.4, 0.5) is 0 Å². The molecule has 1 aromatic rings. The number of aryl methyl sites for hydroxylation is 1. The highest BCUT2D eigenvalue weighted by Crippen LogP contribution is 2.23. The first-order valence-corrected chi connectivity index (χ1v) is 5.59. The van der Waals surface area contributed by atoms with Gasteiger partial charge in [0.15, 0.2) is 5.79 Å². The van der Waals surface area contributed by atoms with Crippen molar-refractivity contribution in [2.45, 2.75) is 39.2 Å². The highest BCUT2D eigenvalue weighted by Gasteiger charge is 2.33. The molecule has 1 unspecified atom stereocenters. The highest BCUT2D eigenvalue weighted by molar-refractivity contribution is 5.21. The van der Waals surface area contributed by atoms with Crippen LogP contribution in [0.1, 0.15) is 19.5 Å². The summed E-state index contributed by atoms with van der Waals surface area (Å²) < 4.78 is 12.7. The van der Waals surface area contributed by atoms with Crippen LogP contribution in [-0.2, 0) is 16.0 Å². The smallest absolute Gasteiger partial charge is 0.254 e. The minimum absolute atomic E-state index is 0.00679. The third kappa shape index (κ3) is 2.68. The van der Waals surface area contributed by atoms with Gasteiger partial charge in [0.1, 0.15) is 11.9 Å². The van der Waals surface area contributed by atoms with E-state index in [1.54, 1.807) is 17.6 Å². The van der Waals surface area contributed by atoms with Crippen LogP contribution in [0, 0.1) is 6.92 Å². The Labute approximate surface area is 99.6 Å². The molecule has 1 atom stereocenters. The van der Waals surface area contributed by atoms with Crippen LogP contribution in [0.3, 0.4) is 0 Å². The van der Waals surface area contributed by atoms with E-state index in [1.165, 1.54) is 6.07 Å². The Hall–Kier alpha value is -1.33. The van der Waals surface area contributed by atoms with Gasteiger partial charge in [0.05, 0.1) is 13.2 Å². The molecule has 0 amide bonds. The molecule has 94 valence electrons. The fraction of sp³-hybridized carbons (Fsp3) is 0.583. The number of aromatic nitrogens is 1. The molecule has 0 radical (unpaired) electrons. The Morgan fingerprint density at radius 2 is 2.24 bits per heavy atom. The fourth-order valence-electron chi connectivity index (χ4n) is 2.00. The third-order valence-corrected chi connectivity index (χ3v) is 2.77. The van der Waals surface area contributed by atoms with Crippen molar-refractivity contribution in [2.75, 3.05) is 6.61 Å². The maximum atomic E-state index is 11.7. The van der Waals surface area contributed by atoms with Crippen molar-refractivity contribution in [3.63, 3.8) is 0 Å². The fourth-order valence-corrected chi connectivity index (χ4v) is 2.00. The highest BCUT2D eigenvalue weighted by atomic mass is 16.7. The molecule has 1 aromatic heterocycles. The Morgan fingerprint density at radius 3 is 2.76 bits per heavy atom. The lowest BCUT2D eigenvalue weighted by Gasteiger charge is -2.18. The molecule has 5 nitrogen and oxygen atoms in total. The lowest BCUT2D eigenvalue weighted by molar-refractivity contribution is -0.139. The Bertz CT molecular complexity index is 478. The summed E-state index contributed by atoms with van der Waals surface area (Å²) in [5.74, 6) is -0.591. The summed E-state index contributed by atoms with van der Waals surface area (Å²) in [4.78, 5) is 11.7. The van der Waals surface area contributed by atoms with Crippen molar-refractivity contribution in [3.05, 3.63) is 28.2 Å². The Kier molecular flexibility index (Phi) is 2.97. The van der Waals surface area contributed by atoms with E-state index in [9.17, 15) is 9.90 Å². The minimum atomic E-state index is -0.584. The summed E-state index contributed by atoms with van der Waals surface area (Å²) in [6.45, 7) is 6.38. The number of pyridine rings is 1. The van der Waals surface area contributed by atoms with Crippen LogP contribution >= 0.6 is 0 Å². The van der Waals surface area contributed by atoms with E-state index in [0.29, 0.717) is 18.8 Å². The monoisotopic (exact) mass is 239 g/mol. The molecule has 0 bridgehead atoms. The van der Waals surface area contributed by atoms with E-state index < -0.39 is 5.79 Å². The van der Waals surface area contributed by atoms with Crippen molar-refractivity contribution in [1.29, 1.82) is 0 Å². The first-order valence-electron chi connectivity index (χ1n) is 5.59. The molecule has 0 aliphatic carbocycles. The zero-order chi connectivity index (χ0) is 12.6. The molecule has 0 saturated carbocycles. The number of ether oxygens (including phenoxy) is 2. The van der Waals surface area contributed by atoms with Crippen molar-refractivity contribution in [3.8, 4) is 5.75 Å². The summed E-state index contributed by atoms with van der Waals surface area (Å²) in [7, 11) is 0. The molecular formula is C12H17NO4. The van der Waals surface area contributed by atoms with Gasteiger partial charge in [-0.15, -0.1) is 0 Å². The van der Waals surface area contributed by atoms with Crippen LogP contribution in [0.15, 0.2) is 16.9 Å². The van der Waals surface area contributed by atoms with E-state index in [2.05, 4.69) is 0 Å². The lowest BCUT2D eigenvalue weighted by Crippen LogP contribution is -2.30. The Balaban J connectivity index is 2.18.